The van der Waals surface area contributed by atoms with Gasteiger partial charge in [0, 0.05) is 22.9 Å². The molecule has 138 valence electrons. The van der Waals surface area contributed by atoms with Gasteiger partial charge in [0.2, 0.25) is 5.91 Å². The van der Waals surface area contributed by atoms with Crippen LogP contribution in [0.3, 0.4) is 0 Å². The molecule has 3 nitrogen and oxygen atoms in total. The number of fused-ring (bicyclic) bond motifs is 1. The molecule has 1 aliphatic heterocycles. The lowest BCUT2D eigenvalue weighted by Crippen LogP contribution is -2.30. The van der Waals surface area contributed by atoms with Crippen molar-refractivity contribution in [1.29, 1.82) is 0 Å². The van der Waals surface area contributed by atoms with Crippen LogP contribution in [0.15, 0.2) is 59.2 Å². The number of rotatable bonds is 2. The Kier molecular flexibility index (Phi) is 5.07. The molecule has 0 spiro atoms. The van der Waals surface area contributed by atoms with Crippen LogP contribution in [0.4, 0.5) is 0 Å². The van der Waals surface area contributed by atoms with E-state index in [1.807, 2.05) is 48.5 Å². The van der Waals surface area contributed by atoms with Gasteiger partial charge in [-0.2, -0.15) is 5.10 Å². The van der Waals surface area contributed by atoms with Gasteiger partial charge in [-0.25, -0.2) is 5.01 Å². The number of carbonyl (C=O) groups excluding carboxylic acids is 1. The molecule has 1 aliphatic carbocycles. The number of allylic oxidation sites excluding steroid dienone is 1. The monoisotopic (exact) mass is 398 g/mol. The lowest BCUT2D eigenvalue weighted by molar-refractivity contribution is -0.131. The van der Waals surface area contributed by atoms with Gasteiger partial charge in [0.1, 0.15) is 0 Å². The summed E-state index contributed by atoms with van der Waals surface area (Å²) in [6, 6.07) is 15.5. The Labute approximate surface area is 169 Å². The van der Waals surface area contributed by atoms with Gasteiger partial charge in [-0.1, -0.05) is 47.5 Å². The van der Waals surface area contributed by atoms with Crippen molar-refractivity contribution in [3.63, 3.8) is 0 Å². The van der Waals surface area contributed by atoms with E-state index in [-0.39, 0.29) is 17.9 Å². The molecule has 0 saturated heterocycles. The zero-order valence-electron chi connectivity index (χ0n) is 15.0. The van der Waals surface area contributed by atoms with E-state index in [1.165, 1.54) is 5.57 Å². The van der Waals surface area contributed by atoms with Crippen molar-refractivity contribution in [2.45, 2.75) is 32.2 Å². The van der Waals surface area contributed by atoms with Crippen LogP contribution in [0.5, 0.6) is 0 Å². The number of amides is 1. The molecule has 27 heavy (non-hydrogen) atoms. The molecule has 0 unspecified atom stereocenters. The highest BCUT2D eigenvalue weighted by molar-refractivity contribution is 6.30. The molecular formula is C22H20Cl2N2O. The van der Waals surface area contributed by atoms with Gasteiger partial charge in [0.25, 0.3) is 0 Å². The summed E-state index contributed by atoms with van der Waals surface area (Å²) in [6.45, 7) is 1.58. The molecule has 0 N–H and O–H groups in total. The van der Waals surface area contributed by atoms with Crippen LogP contribution in [0.2, 0.25) is 10.0 Å². The van der Waals surface area contributed by atoms with E-state index in [2.05, 4.69) is 6.08 Å². The summed E-state index contributed by atoms with van der Waals surface area (Å²) < 4.78 is 0. The molecule has 2 aliphatic rings. The molecule has 2 aromatic carbocycles. The second-order valence-corrected chi connectivity index (χ2v) is 7.94. The number of halogens is 2. The fraction of sp³-hybridized carbons (Fsp3) is 0.273. The van der Waals surface area contributed by atoms with E-state index >= 15 is 0 Å². The Hall–Kier alpha value is -2.10. The third-order valence-corrected chi connectivity index (χ3v) is 5.75. The molecule has 4 rings (SSSR count). The molecule has 0 aromatic heterocycles. The zero-order valence-corrected chi connectivity index (χ0v) is 16.5. The molecule has 0 bridgehead atoms. The molecule has 1 heterocycles. The van der Waals surface area contributed by atoms with E-state index in [9.17, 15) is 4.79 Å². The van der Waals surface area contributed by atoms with Crippen LogP contribution in [0.1, 0.15) is 43.4 Å². The van der Waals surface area contributed by atoms with E-state index in [0.717, 1.165) is 41.1 Å². The smallest absolute Gasteiger partial charge is 0.240 e. The zero-order chi connectivity index (χ0) is 19.0. The molecule has 2 aromatic rings. The Balaban J connectivity index is 1.72. The summed E-state index contributed by atoms with van der Waals surface area (Å²) in [5.41, 5.74) is 4.41. The Morgan fingerprint density at radius 1 is 1.07 bits per heavy atom. The minimum atomic E-state index is -0.0660. The van der Waals surface area contributed by atoms with Crippen LogP contribution in [-0.4, -0.2) is 16.6 Å². The predicted octanol–water partition coefficient (Wildman–Crippen LogP) is 6.14. The lowest BCUT2D eigenvalue weighted by atomic mass is 9.77. The van der Waals surface area contributed by atoms with Crippen LogP contribution < -0.4 is 0 Å². The number of hydrogen-bond donors (Lipinski definition) is 0. The maximum absolute atomic E-state index is 12.3. The second-order valence-electron chi connectivity index (χ2n) is 7.07. The molecule has 1 fully saturated rings. The molecule has 2 atom stereocenters. The van der Waals surface area contributed by atoms with Crippen molar-refractivity contribution in [2.24, 2.45) is 11.0 Å². The summed E-state index contributed by atoms with van der Waals surface area (Å²) in [7, 11) is 0. The highest BCUT2D eigenvalue weighted by Gasteiger charge is 2.42. The molecule has 0 radical (unpaired) electrons. The van der Waals surface area contributed by atoms with Crippen molar-refractivity contribution in [1.82, 2.24) is 5.01 Å². The Morgan fingerprint density at radius 3 is 2.33 bits per heavy atom. The van der Waals surface area contributed by atoms with Crippen molar-refractivity contribution >= 4 is 40.9 Å². The lowest BCUT2D eigenvalue weighted by Gasteiger charge is -2.29. The summed E-state index contributed by atoms with van der Waals surface area (Å²) in [6.07, 6.45) is 5.24. The third-order valence-electron chi connectivity index (χ3n) is 5.25. The average Bonchev–Trinajstić information content (AvgIpc) is 3.05. The second kappa shape index (κ2) is 7.49. The standard InChI is InChI=1S/C22H20Cl2N2O/c1-14(27)26-22(16-7-11-19(24)12-8-16)20-4-2-3-17(21(20)25-26)13-15-5-9-18(23)10-6-15/h5-13,20,22H,2-4H2,1H3/b17-13-/t20-,22-/m0/s1. The number of nitrogens with zero attached hydrogens (tertiary/aromatic N) is 2. The van der Waals surface area contributed by atoms with Crippen LogP contribution in [0.25, 0.3) is 6.08 Å². The van der Waals surface area contributed by atoms with Crippen molar-refractivity contribution in [3.8, 4) is 0 Å². The topological polar surface area (TPSA) is 32.7 Å². The predicted molar refractivity (Wildman–Crippen MR) is 111 cm³/mol. The Morgan fingerprint density at radius 2 is 1.70 bits per heavy atom. The van der Waals surface area contributed by atoms with Crippen LogP contribution in [0, 0.1) is 5.92 Å². The van der Waals surface area contributed by atoms with E-state index in [0.29, 0.717) is 5.02 Å². The van der Waals surface area contributed by atoms with Gasteiger partial charge >= 0.3 is 0 Å². The molecular weight excluding hydrogens is 379 g/mol. The van der Waals surface area contributed by atoms with Crippen LogP contribution >= 0.6 is 23.2 Å². The summed E-state index contributed by atoms with van der Waals surface area (Å²) in [4.78, 5) is 12.3. The number of hydrazone groups is 1. The first kappa shape index (κ1) is 18.3. The van der Waals surface area contributed by atoms with Gasteiger partial charge in [-0.3, -0.25) is 4.79 Å². The minimum absolute atomic E-state index is 0.0392. The van der Waals surface area contributed by atoms with Gasteiger partial charge in [-0.05, 0) is 66.3 Å². The maximum Gasteiger partial charge on any atom is 0.240 e. The first-order valence-electron chi connectivity index (χ1n) is 9.13. The average molecular weight is 399 g/mol. The quantitative estimate of drug-likeness (QED) is 0.597. The van der Waals surface area contributed by atoms with Crippen molar-refractivity contribution in [3.05, 3.63) is 75.3 Å². The van der Waals surface area contributed by atoms with E-state index in [1.54, 1.807) is 11.9 Å². The fourth-order valence-electron chi connectivity index (χ4n) is 4.02. The first-order valence-corrected chi connectivity index (χ1v) is 9.89. The maximum atomic E-state index is 12.3. The first-order chi connectivity index (χ1) is 13.0. The van der Waals surface area contributed by atoms with Gasteiger partial charge in [0.05, 0.1) is 11.8 Å². The number of benzene rings is 2. The van der Waals surface area contributed by atoms with Crippen LogP contribution in [-0.2, 0) is 4.79 Å². The summed E-state index contributed by atoms with van der Waals surface area (Å²) in [5.74, 6) is 0.171. The summed E-state index contributed by atoms with van der Waals surface area (Å²) in [5, 5.41) is 7.82. The Bertz CT molecular complexity index is 916. The number of hydrogen-bond acceptors (Lipinski definition) is 2. The largest absolute Gasteiger partial charge is 0.273 e. The SMILES string of the molecule is CC(=O)N1N=C2/C(=C\c3ccc(Cl)cc3)CCC[C@@H]2[C@@H]1c1ccc(Cl)cc1. The van der Waals surface area contributed by atoms with Gasteiger partial charge in [0.15, 0.2) is 0 Å². The fourth-order valence-corrected chi connectivity index (χ4v) is 4.27. The third kappa shape index (κ3) is 3.67. The molecule has 1 amide bonds. The van der Waals surface area contributed by atoms with E-state index in [4.69, 9.17) is 28.3 Å². The van der Waals surface area contributed by atoms with E-state index < -0.39 is 0 Å². The van der Waals surface area contributed by atoms with Crippen molar-refractivity contribution < 1.29 is 4.79 Å². The molecule has 5 heteroatoms. The highest BCUT2D eigenvalue weighted by atomic mass is 35.5. The summed E-state index contributed by atoms with van der Waals surface area (Å²) >= 11 is 12.0. The number of carbonyl (C=O) groups is 1. The van der Waals surface area contributed by atoms with Crippen molar-refractivity contribution in [2.75, 3.05) is 0 Å². The normalized spacial score (nSPS) is 23.3. The van der Waals surface area contributed by atoms with Gasteiger partial charge < -0.3 is 0 Å². The molecule has 1 saturated carbocycles. The highest BCUT2D eigenvalue weighted by Crippen LogP contribution is 2.44. The minimum Gasteiger partial charge on any atom is -0.273 e. The van der Waals surface area contributed by atoms with Gasteiger partial charge in [-0.15, -0.1) is 0 Å².